The third-order valence-corrected chi connectivity index (χ3v) is 5.60. The molecule has 0 aliphatic carbocycles. The maximum Gasteiger partial charge on any atom is 0.407 e. The predicted octanol–water partition coefficient (Wildman–Crippen LogP) is 4.72. The van der Waals surface area contributed by atoms with Gasteiger partial charge in [-0.1, -0.05) is 25.7 Å². The van der Waals surface area contributed by atoms with Crippen LogP contribution in [0.3, 0.4) is 0 Å². The number of nitrogens with two attached hydrogens (primary N) is 1. The zero-order chi connectivity index (χ0) is 32.1. The second-order valence-corrected chi connectivity index (χ2v) is 12.5. The van der Waals surface area contributed by atoms with Gasteiger partial charge in [0, 0.05) is 32.6 Å². The molecule has 0 radical (unpaired) electrons. The van der Waals surface area contributed by atoms with Crippen molar-refractivity contribution >= 4 is 24.4 Å². The Labute approximate surface area is 252 Å². The maximum atomic E-state index is 12.3. The Balaban J connectivity index is 4.00. The summed E-state index contributed by atoms with van der Waals surface area (Å²) in [6.07, 6.45) is 5.00. The molecule has 6 N–H and O–H groups in total. The molecule has 1 atom stereocenters. The molecule has 13 nitrogen and oxygen atoms in total. The van der Waals surface area contributed by atoms with Gasteiger partial charge in [-0.25, -0.2) is 19.2 Å². The summed E-state index contributed by atoms with van der Waals surface area (Å²) in [7, 11) is 0. The fourth-order valence-corrected chi connectivity index (χ4v) is 3.58. The molecule has 246 valence electrons. The lowest BCUT2D eigenvalue weighted by Crippen LogP contribution is -2.43. The SMILES string of the molecule is CC(C)(C)OC(=O)NCCCCCCNC(=O)OCC(C)(CCN)OC(=O)NCCCCCCNC(=O)OC(C)(C)C. The quantitative estimate of drug-likeness (QED) is 0.103. The highest BCUT2D eigenvalue weighted by atomic mass is 16.6. The summed E-state index contributed by atoms with van der Waals surface area (Å²) in [6, 6.07) is 0. The van der Waals surface area contributed by atoms with E-state index < -0.39 is 41.2 Å². The van der Waals surface area contributed by atoms with Crippen LogP contribution in [0.15, 0.2) is 0 Å². The first-order valence-corrected chi connectivity index (χ1v) is 15.1. The highest BCUT2D eigenvalue weighted by Crippen LogP contribution is 2.16. The van der Waals surface area contributed by atoms with E-state index in [9.17, 15) is 19.2 Å². The zero-order valence-corrected chi connectivity index (χ0v) is 26.9. The molecule has 0 aliphatic heterocycles. The van der Waals surface area contributed by atoms with Gasteiger partial charge in [-0.2, -0.15) is 0 Å². The van der Waals surface area contributed by atoms with E-state index in [4.69, 9.17) is 24.7 Å². The van der Waals surface area contributed by atoms with E-state index in [0.717, 1.165) is 51.4 Å². The van der Waals surface area contributed by atoms with Gasteiger partial charge in [-0.15, -0.1) is 0 Å². The first kappa shape index (κ1) is 39.0. The molecule has 42 heavy (non-hydrogen) atoms. The number of rotatable bonds is 19. The van der Waals surface area contributed by atoms with Crippen LogP contribution in [0.5, 0.6) is 0 Å². The Morgan fingerprint density at radius 2 is 0.857 bits per heavy atom. The lowest BCUT2D eigenvalue weighted by atomic mass is 10.0. The molecular formula is C29H57N5O8. The van der Waals surface area contributed by atoms with Gasteiger partial charge < -0.3 is 45.9 Å². The number of alkyl carbamates (subject to hydrolysis) is 4. The van der Waals surface area contributed by atoms with Gasteiger partial charge in [0.15, 0.2) is 0 Å². The molecule has 0 heterocycles. The highest BCUT2D eigenvalue weighted by molar-refractivity contribution is 5.69. The van der Waals surface area contributed by atoms with Gasteiger partial charge in [-0.3, -0.25) is 0 Å². The summed E-state index contributed by atoms with van der Waals surface area (Å²) in [6.45, 7) is 14.7. The number of hydrogen-bond acceptors (Lipinski definition) is 9. The van der Waals surface area contributed by atoms with Crippen molar-refractivity contribution in [1.29, 1.82) is 0 Å². The molecule has 0 saturated carbocycles. The molecule has 1 unspecified atom stereocenters. The van der Waals surface area contributed by atoms with E-state index in [1.54, 1.807) is 6.92 Å². The standard InChI is InChI=1S/C29H57N5O8/c1-27(2,3)40-24(36)32-19-13-9-8-12-18-31-23(35)39-22-29(7,16-17-30)42-26(38)34-21-15-11-10-14-20-33-25(37)41-28(4,5)6/h8-22,30H2,1-7H3,(H,31,35)(H,32,36)(H,33,37)(H,34,38). The fourth-order valence-electron chi connectivity index (χ4n) is 3.58. The van der Waals surface area contributed by atoms with Gasteiger partial charge in [0.25, 0.3) is 0 Å². The fraction of sp³-hybridized carbons (Fsp3) is 0.862. The lowest BCUT2D eigenvalue weighted by Gasteiger charge is -2.28. The number of hydrogen-bond donors (Lipinski definition) is 5. The number of unbranched alkanes of at least 4 members (excludes halogenated alkanes) is 6. The van der Waals surface area contributed by atoms with Crippen LogP contribution < -0.4 is 27.0 Å². The highest BCUT2D eigenvalue weighted by Gasteiger charge is 2.30. The summed E-state index contributed by atoms with van der Waals surface area (Å²) in [4.78, 5) is 47.6. The van der Waals surface area contributed by atoms with Crippen LogP contribution in [-0.2, 0) is 18.9 Å². The van der Waals surface area contributed by atoms with Gasteiger partial charge in [0.05, 0.1) is 0 Å². The topological polar surface area (TPSA) is 179 Å². The Kier molecular flexibility index (Phi) is 19.4. The van der Waals surface area contributed by atoms with Crippen LogP contribution in [0.25, 0.3) is 0 Å². The zero-order valence-electron chi connectivity index (χ0n) is 26.9. The van der Waals surface area contributed by atoms with Crippen molar-refractivity contribution in [3.8, 4) is 0 Å². The van der Waals surface area contributed by atoms with E-state index in [1.807, 2.05) is 41.5 Å². The molecule has 0 saturated heterocycles. The van der Waals surface area contributed by atoms with Crippen LogP contribution in [0.1, 0.15) is 106 Å². The van der Waals surface area contributed by atoms with Gasteiger partial charge in [-0.05, 0) is 80.7 Å². The van der Waals surface area contributed by atoms with Crippen molar-refractivity contribution in [1.82, 2.24) is 21.3 Å². The third-order valence-electron chi connectivity index (χ3n) is 5.60. The number of ether oxygens (including phenoxy) is 4. The first-order chi connectivity index (χ1) is 19.6. The molecule has 0 spiro atoms. The number of amides is 4. The number of carbonyl (C=O) groups is 4. The summed E-state index contributed by atoms with van der Waals surface area (Å²) in [5.74, 6) is 0. The minimum absolute atomic E-state index is 0.121. The van der Waals surface area contributed by atoms with Crippen molar-refractivity contribution < 1.29 is 38.1 Å². The minimum atomic E-state index is -1.05. The molecule has 0 aromatic carbocycles. The molecule has 0 aliphatic rings. The van der Waals surface area contributed by atoms with E-state index in [0.29, 0.717) is 32.6 Å². The van der Waals surface area contributed by atoms with Crippen molar-refractivity contribution in [3.05, 3.63) is 0 Å². The summed E-state index contributed by atoms with van der Waals surface area (Å²) in [5.41, 5.74) is 3.60. The van der Waals surface area contributed by atoms with E-state index in [1.165, 1.54) is 0 Å². The molecular weight excluding hydrogens is 546 g/mol. The largest absolute Gasteiger partial charge is 0.445 e. The van der Waals surface area contributed by atoms with E-state index in [2.05, 4.69) is 21.3 Å². The average Bonchev–Trinajstić information content (AvgIpc) is 2.84. The third kappa shape index (κ3) is 24.8. The Hall–Kier alpha value is -2.96. The van der Waals surface area contributed by atoms with E-state index >= 15 is 0 Å². The number of nitrogens with one attached hydrogen (secondary N) is 4. The van der Waals surface area contributed by atoms with Crippen molar-refractivity contribution in [2.24, 2.45) is 5.73 Å². The maximum absolute atomic E-state index is 12.3. The summed E-state index contributed by atoms with van der Waals surface area (Å²) in [5, 5.41) is 10.9. The number of carbonyl (C=O) groups excluding carboxylic acids is 4. The molecule has 4 amide bonds. The Bertz CT molecular complexity index is 798. The minimum Gasteiger partial charge on any atom is -0.445 e. The molecule has 0 aromatic rings. The van der Waals surface area contributed by atoms with Crippen LogP contribution >= 0.6 is 0 Å². The van der Waals surface area contributed by atoms with E-state index in [-0.39, 0.29) is 13.2 Å². The van der Waals surface area contributed by atoms with Crippen molar-refractivity contribution in [3.63, 3.8) is 0 Å². The van der Waals surface area contributed by atoms with Gasteiger partial charge >= 0.3 is 24.4 Å². The predicted molar refractivity (Wildman–Crippen MR) is 161 cm³/mol. The normalized spacial score (nSPS) is 12.9. The molecule has 0 rings (SSSR count). The summed E-state index contributed by atoms with van der Waals surface area (Å²) >= 11 is 0. The first-order valence-electron chi connectivity index (χ1n) is 15.1. The van der Waals surface area contributed by atoms with Crippen molar-refractivity contribution in [2.75, 3.05) is 39.3 Å². The lowest BCUT2D eigenvalue weighted by molar-refractivity contribution is -0.0267. The van der Waals surface area contributed by atoms with Crippen LogP contribution in [0, 0.1) is 0 Å². The molecule has 0 fully saturated rings. The smallest absolute Gasteiger partial charge is 0.407 e. The Morgan fingerprint density at radius 1 is 0.524 bits per heavy atom. The van der Waals surface area contributed by atoms with Gasteiger partial charge in [0.2, 0.25) is 0 Å². The van der Waals surface area contributed by atoms with Gasteiger partial charge in [0.1, 0.15) is 23.4 Å². The van der Waals surface area contributed by atoms with Crippen LogP contribution in [0.2, 0.25) is 0 Å². The second-order valence-electron chi connectivity index (χ2n) is 12.5. The molecule has 13 heteroatoms. The van der Waals surface area contributed by atoms with Crippen LogP contribution in [0.4, 0.5) is 19.2 Å². The molecule has 0 bridgehead atoms. The average molecular weight is 604 g/mol. The Morgan fingerprint density at radius 3 is 1.19 bits per heavy atom. The monoisotopic (exact) mass is 603 g/mol. The second kappa shape index (κ2) is 20.8. The summed E-state index contributed by atoms with van der Waals surface area (Å²) < 4.78 is 21.2. The molecule has 0 aromatic heterocycles. The van der Waals surface area contributed by atoms with Crippen LogP contribution in [-0.4, -0.2) is 80.5 Å². The van der Waals surface area contributed by atoms with Crippen molar-refractivity contribution in [2.45, 2.75) is 123 Å².